The normalized spacial score (nSPS) is 20.7. The predicted molar refractivity (Wildman–Crippen MR) is 146 cm³/mol. The zero-order valence-corrected chi connectivity index (χ0v) is 22.6. The molecule has 2 aliphatic rings. The molecule has 218 valence electrons. The van der Waals surface area contributed by atoms with E-state index in [0.29, 0.717) is 54.8 Å². The number of fused-ring (bicyclic) bond motifs is 1. The molecule has 7 nitrogen and oxygen atoms in total. The second kappa shape index (κ2) is 12.4. The molecule has 1 saturated carbocycles. The molecule has 0 aromatic heterocycles. The highest BCUT2D eigenvalue weighted by molar-refractivity contribution is 5.73. The Morgan fingerprint density at radius 1 is 0.927 bits per heavy atom. The summed E-state index contributed by atoms with van der Waals surface area (Å²) in [5.74, 6) is 1.91. The van der Waals surface area contributed by atoms with Crippen LogP contribution in [0.1, 0.15) is 16.7 Å². The summed E-state index contributed by atoms with van der Waals surface area (Å²) in [6, 6.07) is 20.0. The van der Waals surface area contributed by atoms with Crippen molar-refractivity contribution in [2.24, 2.45) is 11.8 Å². The predicted octanol–water partition coefficient (Wildman–Crippen LogP) is 4.89. The topological polar surface area (TPSA) is 80.3 Å². The molecule has 3 aromatic carbocycles. The van der Waals surface area contributed by atoms with Crippen molar-refractivity contribution in [2.75, 3.05) is 33.4 Å². The van der Waals surface area contributed by atoms with Crippen molar-refractivity contribution >= 4 is 5.97 Å². The number of alkyl halides is 3. The molecule has 3 aromatic rings. The Bertz CT molecular complexity index is 1290. The van der Waals surface area contributed by atoms with Gasteiger partial charge in [-0.2, -0.15) is 13.2 Å². The third-order valence-corrected chi connectivity index (χ3v) is 7.67. The molecule has 10 heteroatoms. The number of carboxylic acid groups (broad SMARTS) is 1. The van der Waals surface area contributed by atoms with Crippen molar-refractivity contribution in [3.63, 3.8) is 0 Å². The first-order chi connectivity index (χ1) is 19.7. The SMILES string of the molecule is COc1ccc(O[C@@H](Cc2ccc(OCCNC3[C@H]4CN(Cc5ccc(C(F)(F)F)cc5)C[C@@H]34)cc2)C(=O)O)cc1. The lowest BCUT2D eigenvalue weighted by molar-refractivity contribution is -0.145. The van der Waals surface area contributed by atoms with Gasteiger partial charge in [-0.05, 0) is 71.5 Å². The monoisotopic (exact) mass is 570 g/mol. The first-order valence-corrected chi connectivity index (χ1v) is 13.6. The second-order valence-electron chi connectivity index (χ2n) is 10.5. The molecule has 1 aliphatic carbocycles. The molecule has 1 heterocycles. The lowest BCUT2D eigenvalue weighted by Crippen LogP contribution is -2.33. The summed E-state index contributed by atoms with van der Waals surface area (Å²) < 4.78 is 54.9. The van der Waals surface area contributed by atoms with E-state index in [-0.39, 0.29) is 6.42 Å². The number of likely N-dealkylation sites (tertiary alicyclic amines) is 1. The summed E-state index contributed by atoms with van der Waals surface area (Å²) in [5, 5.41) is 13.2. The van der Waals surface area contributed by atoms with Crippen LogP contribution in [0, 0.1) is 11.8 Å². The molecule has 0 radical (unpaired) electrons. The summed E-state index contributed by atoms with van der Waals surface area (Å²) in [5.41, 5.74) is 1.10. The van der Waals surface area contributed by atoms with Crippen molar-refractivity contribution in [3.05, 3.63) is 89.5 Å². The van der Waals surface area contributed by atoms with Crippen molar-refractivity contribution < 1.29 is 37.3 Å². The number of nitrogens with zero attached hydrogens (tertiary/aromatic N) is 1. The Balaban J connectivity index is 0.992. The molecule has 0 amide bonds. The zero-order chi connectivity index (χ0) is 29.0. The highest BCUT2D eigenvalue weighted by atomic mass is 19.4. The molecule has 0 bridgehead atoms. The number of halogens is 3. The minimum atomic E-state index is -4.31. The molecule has 5 rings (SSSR count). The number of rotatable bonds is 13. The van der Waals surface area contributed by atoms with Crippen molar-refractivity contribution in [1.82, 2.24) is 10.2 Å². The van der Waals surface area contributed by atoms with Gasteiger partial charge in [-0.3, -0.25) is 4.90 Å². The van der Waals surface area contributed by atoms with E-state index in [1.807, 2.05) is 24.3 Å². The van der Waals surface area contributed by atoms with E-state index in [2.05, 4.69) is 10.2 Å². The van der Waals surface area contributed by atoms with Gasteiger partial charge in [-0.15, -0.1) is 0 Å². The number of nitrogens with one attached hydrogen (secondary N) is 1. The van der Waals surface area contributed by atoms with E-state index in [0.717, 1.165) is 36.3 Å². The molecule has 1 aliphatic heterocycles. The highest BCUT2D eigenvalue weighted by Gasteiger charge is 2.55. The van der Waals surface area contributed by atoms with Crippen LogP contribution < -0.4 is 19.5 Å². The largest absolute Gasteiger partial charge is 0.497 e. The van der Waals surface area contributed by atoms with Crippen molar-refractivity contribution in [2.45, 2.75) is 31.3 Å². The fourth-order valence-corrected chi connectivity index (χ4v) is 5.43. The van der Waals surface area contributed by atoms with Gasteiger partial charge >= 0.3 is 12.1 Å². The molecular weight excluding hydrogens is 537 g/mol. The first kappa shape index (κ1) is 28.8. The molecule has 0 spiro atoms. The van der Waals surface area contributed by atoms with E-state index in [4.69, 9.17) is 14.2 Å². The third kappa shape index (κ3) is 7.51. The molecule has 1 saturated heterocycles. The highest BCUT2D eigenvalue weighted by Crippen LogP contribution is 2.45. The maximum absolute atomic E-state index is 12.8. The maximum Gasteiger partial charge on any atom is 0.416 e. The van der Waals surface area contributed by atoms with Gasteiger partial charge in [0.1, 0.15) is 23.9 Å². The van der Waals surface area contributed by atoms with Gasteiger partial charge in [0, 0.05) is 38.6 Å². The molecule has 2 fully saturated rings. The van der Waals surface area contributed by atoms with Gasteiger partial charge in [0.2, 0.25) is 0 Å². The van der Waals surface area contributed by atoms with Crippen LogP contribution in [0.15, 0.2) is 72.8 Å². The van der Waals surface area contributed by atoms with E-state index in [1.54, 1.807) is 43.5 Å². The Hall–Kier alpha value is -3.76. The number of hydrogen-bond acceptors (Lipinski definition) is 6. The minimum absolute atomic E-state index is 0.212. The fraction of sp³-hybridized carbons (Fsp3) is 0.387. The van der Waals surface area contributed by atoms with Crippen LogP contribution in [0.25, 0.3) is 0 Å². The van der Waals surface area contributed by atoms with Crippen LogP contribution in [0.2, 0.25) is 0 Å². The van der Waals surface area contributed by atoms with Crippen LogP contribution in [-0.4, -0.2) is 61.5 Å². The van der Waals surface area contributed by atoms with Crippen molar-refractivity contribution in [1.29, 1.82) is 0 Å². The van der Waals surface area contributed by atoms with Gasteiger partial charge in [-0.1, -0.05) is 24.3 Å². The summed E-state index contributed by atoms with van der Waals surface area (Å²) >= 11 is 0. The van der Waals surface area contributed by atoms with Crippen LogP contribution in [0.4, 0.5) is 13.2 Å². The number of benzene rings is 3. The number of piperidine rings is 1. The van der Waals surface area contributed by atoms with Crippen LogP contribution in [0.3, 0.4) is 0 Å². The fourth-order valence-electron chi connectivity index (χ4n) is 5.43. The Morgan fingerprint density at radius 3 is 2.10 bits per heavy atom. The van der Waals surface area contributed by atoms with Crippen LogP contribution in [-0.2, 0) is 23.9 Å². The molecule has 1 unspecified atom stereocenters. The average molecular weight is 571 g/mol. The Labute approximate surface area is 236 Å². The maximum atomic E-state index is 12.8. The molecule has 4 atom stereocenters. The van der Waals surface area contributed by atoms with Gasteiger partial charge in [0.25, 0.3) is 0 Å². The summed E-state index contributed by atoms with van der Waals surface area (Å²) in [7, 11) is 1.56. The number of methoxy groups -OCH3 is 1. The summed E-state index contributed by atoms with van der Waals surface area (Å²) in [4.78, 5) is 14.0. The summed E-state index contributed by atoms with van der Waals surface area (Å²) in [6.07, 6.45) is -5.12. The quantitative estimate of drug-likeness (QED) is 0.284. The molecular formula is C31H33F3N2O5. The minimum Gasteiger partial charge on any atom is -0.497 e. The van der Waals surface area contributed by atoms with E-state index in [1.165, 1.54) is 0 Å². The lowest BCUT2D eigenvalue weighted by atomic mass is 10.1. The van der Waals surface area contributed by atoms with Crippen LogP contribution in [0.5, 0.6) is 17.2 Å². The second-order valence-corrected chi connectivity index (χ2v) is 10.5. The van der Waals surface area contributed by atoms with Gasteiger partial charge in [0.15, 0.2) is 6.10 Å². The van der Waals surface area contributed by atoms with Gasteiger partial charge in [0.05, 0.1) is 12.7 Å². The average Bonchev–Trinajstić information content (AvgIpc) is 3.41. The standard InChI is InChI=1S/C31H33F3N2O5/c1-39-23-10-12-25(13-11-23)41-28(30(37)38)16-20-4-8-24(9-5-20)40-15-14-35-29-26-18-36(19-27(26)29)17-21-2-6-22(7-3-21)31(32,33)34/h2-13,26-29,35H,14-19H2,1H3,(H,37,38)/t26-,27+,28-,29?/m0/s1. The number of aliphatic carboxylic acids is 1. The van der Waals surface area contributed by atoms with Crippen LogP contribution >= 0.6 is 0 Å². The lowest BCUT2D eigenvalue weighted by Gasteiger charge is -2.20. The molecule has 41 heavy (non-hydrogen) atoms. The number of carbonyl (C=O) groups is 1. The van der Waals surface area contributed by atoms with Gasteiger partial charge in [-0.25, -0.2) is 4.79 Å². The number of hydrogen-bond donors (Lipinski definition) is 2. The zero-order valence-electron chi connectivity index (χ0n) is 22.6. The molecule has 2 N–H and O–H groups in total. The number of carboxylic acids is 1. The smallest absolute Gasteiger partial charge is 0.416 e. The number of ether oxygens (including phenoxy) is 3. The van der Waals surface area contributed by atoms with E-state index >= 15 is 0 Å². The Kier molecular flexibility index (Phi) is 8.70. The van der Waals surface area contributed by atoms with Crippen molar-refractivity contribution in [3.8, 4) is 17.2 Å². The van der Waals surface area contributed by atoms with E-state index in [9.17, 15) is 23.1 Å². The Morgan fingerprint density at radius 2 is 1.51 bits per heavy atom. The third-order valence-electron chi connectivity index (χ3n) is 7.67. The van der Waals surface area contributed by atoms with E-state index < -0.39 is 23.8 Å². The summed E-state index contributed by atoms with van der Waals surface area (Å²) in [6.45, 7) is 3.74. The van der Waals surface area contributed by atoms with Gasteiger partial charge < -0.3 is 24.6 Å². The first-order valence-electron chi connectivity index (χ1n) is 13.6.